The Kier molecular flexibility index (Phi) is 4.45. The molecule has 1 aliphatic rings. The first kappa shape index (κ1) is 12.7. The van der Waals surface area contributed by atoms with Gasteiger partial charge in [0.1, 0.15) is 5.41 Å². The molecule has 1 rings (SSSR count). The summed E-state index contributed by atoms with van der Waals surface area (Å²) < 4.78 is 0. The molecule has 0 N–H and O–H groups in total. The zero-order chi connectivity index (χ0) is 12.0. The summed E-state index contributed by atoms with van der Waals surface area (Å²) in [5.74, 6) is 0. The molecular formula is C13H19N3. The summed E-state index contributed by atoms with van der Waals surface area (Å²) in [4.78, 5) is 6.46. The van der Waals surface area contributed by atoms with Crippen molar-refractivity contribution in [2.75, 3.05) is 20.1 Å². The summed E-state index contributed by atoms with van der Waals surface area (Å²) in [7, 11) is 2.09. The van der Waals surface area contributed by atoms with Crippen molar-refractivity contribution in [1.82, 2.24) is 4.90 Å². The van der Waals surface area contributed by atoms with Crippen LogP contribution in [0.1, 0.15) is 19.3 Å². The van der Waals surface area contributed by atoms with Crippen LogP contribution in [0.15, 0.2) is 30.4 Å². The van der Waals surface area contributed by atoms with Gasteiger partial charge < -0.3 is 4.90 Å². The van der Waals surface area contributed by atoms with Gasteiger partial charge in [-0.2, -0.15) is 5.26 Å². The molecule has 0 saturated carbocycles. The van der Waals surface area contributed by atoms with E-state index in [4.69, 9.17) is 0 Å². The van der Waals surface area contributed by atoms with Crippen LogP contribution in [0, 0.1) is 16.7 Å². The average Bonchev–Trinajstić information content (AvgIpc) is 2.49. The normalized spacial score (nSPS) is 27.9. The van der Waals surface area contributed by atoms with Crippen molar-refractivity contribution in [3.63, 3.8) is 0 Å². The van der Waals surface area contributed by atoms with Crippen molar-refractivity contribution < 1.29 is 0 Å². The Hall–Kier alpha value is -1.40. The molecule has 86 valence electrons. The highest BCUT2D eigenvalue weighted by Crippen LogP contribution is 2.32. The minimum atomic E-state index is -0.472. The second-order valence-electron chi connectivity index (χ2n) is 4.25. The van der Waals surface area contributed by atoms with Gasteiger partial charge in [0.15, 0.2) is 0 Å². The molecular weight excluding hydrogens is 198 g/mol. The third-order valence-corrected chi connectivity index (χ3v) is 3.19. The van der Waals surface area contributed by atoms with Gasteiger partial charge in [0.05, 0.1) is 11.8 Å². The minimum Gasteiger partial charge on any atom is -0.306 e. The van der Waals surface area contributed by atoms with Crippen LogP contribution in [0.2, 0.25) is 0 Å². The van der Waals surface area contributed by atoms with Crippen molar-refractivity contribution in [1.29, 1.82) is 5.26 Å². The molecule has 1 saturated heterocycles. The Morgan fingerprint density at radius 1 is 1.44 bits per heavy atom. The molecule has 0 bridgehead atoms. The van der Waals surface area contributed by atoms with Crippen molar-refractivity contribution in [2.24, 2.45) is 10.4 Å². The van der Waals surface area contributed by atoms with Gasteiger partial charge in [-0.15, -0.1) is 0 Å². The van der Waals surface area contributed by atoms with Crippen molar-refractivity contribution in [3.8, 4) is 6.07 Å². The summed E-state index contributed by atoms with van der Waals surface area (Å²) in [6, 6.07) is 2.44. The van der Waals surface area contributed by atoms with Crippen molar-refractivity contribution in [2.45, 2.75) is 19.3 Å². The highest BCUT2D eigenvalue weighted by atomic mass is 15.1. The lowest BCUT2D eigenvalue weighted by molar-refractivity contribution is 0.342. The molecule has 0 aromatic carbocycles. The molecule has 0 spiro atoms. The topological polar surface area (TPSA) is 39.4 Å². The molecule has 1 unspecified atom stereocenters. The fourth-order valence-corrected chi connectivity index (χ4v) is 2.16. The van der Waals surface area contributed by atoms with Crippen LogP contribution < -0.4 is 0 Å². The zero-order valence-corrected chi connectivity index (χ0v) is 9.95. The molecule has 1 fully saturated rings. The molecule has 0 aromatic heterocycles. The number of nitrogens with zero attached hydrogens (tertiary/aromatic N) is 3. The quantitative estimate of drug-likeness (QED) is 0.681. The largest absolute Gasteiger partial charge is 0.306 e. The number of rotatable bonds is 3. The lowest BCUT2D eigenvalue weighted by atomic mass is 9.77. The van der Waals surface area contributed by atoms with Crippen LogP contribution in [0.5, 0.6) is 0 Å². The molecule has 0 amide bonds. The van der Waals surface area contributed by atoms with Gasteiger partial charge in [-0.05, 0) is 45.5 Å². The Balaban J connectivity index is 3.00. The first-order valence-electron chi connectivity index (χ1n) is 5.60. The van der Waals surface area contributed by atoms with Gasteiger partial charge in [0.2, 0.25) is 0 Å². The van der Waals surface area contributed by atoms with Gasteiger partial charge >= 0.3 is 0 Å². The first-order valence-corrected chi connectivity index (χ1v) is 5.60. The van der Waals surface area contributed by atoms with Crippen LogP contribution in [-0.2, 0) is 0 Å². The summed E-state index contributed by atoms with van der Waals surface area (Å²) in [5, 5.41) is 9.45. The van der Waals surface area contributed by atoms with Crippen molar-refractivity contribution in [3.05, 3.63) is 25.4 Å². The Morgan fingerprint density at radius 2 is 2.19 bits per heavy atom. The second-order valence-corrected chi connectivity index (χ2v) is 4.25. The monoisotopic (exact) mass is 217 g/mol. The Labute approximate surface area is 97.8 Å². The van der Waals surface area contributed by atoms with Gasteiger partial charge in [-0.3, -0.25) is 4.99 Å². The molecule has 1 atom stereocenters. The minimum absolute atomic E-state index is 0.472. The van der Waals surface area contributed by atoms with Gasteiger partial charge in [-0.25, -0.2) is 0 Å². The lowest BCUT2D eigenvalue weighted by Crippen LogP contribution is -2.29. The van der Waals surface area contributed by atoms with E-state index in [-0.39, 0.29) is 0 Å². The summed E-state index contributed by atoms with van der Waals surface area (Å²) in [6.07, 6.45) is 5.88. The maximum atomic E-state index is 9.45. The van der Waals surface area contributed by atoms with E-state index in [2.05, 4.69) is 36.2 Å². The maximum absolute atomic E-state index is 9.45. The van der Waals surface area contributed by atoms with E-state index < -0.39 is 5.41 Å². The SMILES string of the molecule is C=CN=C(C=C)C1(C#N)CCCN(C)CC1. The van der Waals surface area contributed by atoms with E-state index in [0.29, 0.717) is 0 Å². The van der Waals surface area contributed by atoms with Crippen LogP contribution >= 0.6 is 0 Å². The molecule has 0 aromatic rings. The van der Waals surface area contributed by atoms with E-state index in [0.717, 1.165) is 38.1 Å². The molecule has 1 heterocycles. The third-order valence-electron chi connectivity index (χ3n) is 3.19. The highest BCUT2D eigenvalue weighted by molar-refractivity contribution is 6.01. The molecule has 1 aliphatic heterocycles. The molecule has 0 radical (unpaired) electrons. The van der Waals surface area contributed by atoms with Crippen LogP contribution in [0.3, 0.4) is 0 Å². The van der Waals surface area contributed by atoms with E-state index in [9.17, 15) is 5.26 Å². The summed E-state index contributed by atoms with van der Waals surface area (Å²) >= 11 is 0. The lowest BCUT2D eigenvalue weighted by Gasteiger charge is -2.24. The number of aliphatic imine (C=N–C) groups is 1. The number of hydrogen-bond acceptors (Lipinski definition) is 3. The molecule has 3 nitrogen and oxygen atoms in total. The molecule has 0 aliphatic carbocycles. The van der Waals surface area contributed by atoms with Crippen LogP contribution in [-0.4, -0.2) is 30.7 Å². The van der Waals surface area contributed by atoms with Crippen molar-refractivity contribution >= 4 is 5.71 Å². The standard InChI is InChI=1S/C13H19N3/c1-4-12(15-5-2)13(11-14)7-6-9-16(3)10-8-13/h4-5H,1-2,6-10H2,3H3. The van der Waals surface area contributed by atoms with E-state index in [1.807, 2.05) is 0 Å². The van der Waals surface area contributed by atoms with E-state index in [1.54, 1.807) is 6.08 Å². The molecule has 16 heavy (non-hydrogen) atoms. The van der Waals surface area contributed by atoms with Gasteiger partial charge in [0, 0.05) is 6.20 Å². The highest BCUT2D eigenvalue weighted by Gasteiger charge is 2.35. The predicted octanol–water partition coefficient (Wildman–Crippen LogP) is 2.38. The first-order chi connectivity index (χ1) is 7.68. The number of likely N-dealkylation sites (tertiary alicyclic amines) is 1. The number of allylic oxidation sites excluding steroid dienone is 1. The van der Waals surface area contributed by atoms with Gasteiger partial charge in [-0.1, -0.05) is 13.2 Å². The van der Waals surface area contributed by atoms with E-state index in [1.165, 1.54) is 6.20 Å². The van der Waals surface area contributed by atoms with E-state index >= 15 is 0 Å². The fourth-order valence-electron chi connectivity index (χ4n) is 2.16. The number of hydrogen-bond donors (Lipinski definition) is 0. The number of nitriles is 1. The zero-order valence-electron chi connectivity index (χ0n) is 9.95. The predicted molar refractivity (Wildman–Crippen MR) is 67.2 cm³/mol. The van der Waals surface area contributed by atoms with Gasteiger partial charge in [0.25, 0.3) is 0 Å². The second kappa shape index (κ2) is 5.62. The summed E-state index contributed by atoms with van der Waals surface area (Å²) in [5.41, 5.74) is 0.293. The average molecular weight is 217 g/mol. The van der Waals surface area contributed by atoms with Crippen LogP contribution in [0.25, 0.3) is 0 Å². The fraction of sp³-hybridized carbons (Fsp3) is 0.538. The third kappa shape index (κ3) is 2.59. The Morgan fingerprint density at radius 3 is 2.75 bits per heavy atom. The Bertz CT molecular complexity index is 338. The summed E-state index contributed by atoms with van der Waals surface area (Å²) in [6.45, 7) is 9.32. The van der Waals surface area contributed by atoms with Crippen LogP contribution in [0.4, 0.5) is 0 Å². The maximum Gasteiger partial charge on any atom is 0.100 e. The smallest absolute Gasteiger partial charge is 0.100 e. The molecule has 3 heteroatoms.